The van der Waals surface area contributed by atoms with Gasteiger partial charge >= 0.3 is 6.03 Å². The van der Waals surface area contributed by atoms with Crippen molar-refractivity contribution in [1.29, 1.82) is 0 Å². The van der Waals surface area contributed by atoms with Gasteiger partial charge in [0, 0.05) is 60.8 Å². The van der Waals surface area contributed by atoms with Gasteiger partial charge in [0.2, 0.25) is 11.8 Å². The molecule has 0 spiro atoms. The summed E-state index contributed by atoms with van der Waals surface area (Å²) in [6.45, 7) is 10.3. The van der Waals surface area contributed by atoms with Crippen molar-refractivity contribution in [3.63, 3.8) is 0 Å². The summed E-state index contributed by atoms with van der Waals surface area (Å²) in [5, 5.41) is 10.1. The molecular weight excluding hydrogens is 713 g/mol. The Morgan fingerprint density at radius 2 is 1.71 bits per heavy atom. The molecular formula is C42H44N8O6. The Labute approximate surface area is 325 Å². The van der Waals surface area contributed by atoms with Gasteiger partial charge in [-0.1, -0.05) is 57.5 Å². The summed E-state index contributed by atoms with van der Waals surface area (Å²) in [5.41, 5.74) is 8.04. The maximum absolute atomic E-state index is 13.4. The molecule has 0 radical (unpaired) electrons. The maximum Gasteiger partial charge on any atom is 0.323 e. The van der Waals surface area contributed by atoms with E-state index in [0.717, 1.165) is 25.2 Å². The number of primary amides is 1. The number of ether oxygens (including phenoxy) is 3. The van der Waals surface area contributed by atoms with Gasteiger partial charge in [-0.05, 0) is 53.4 Å². The number of urea groups is 1. The number of rotatable bonds is 12. The van der Waals surface area contributed by atoms with Crippen molar-refractivity contribution in [2.75, 3.05) is 62.0 Å². The highest BCUT2D eigenvalue weighted by atomic mass is 16.5. The Balaban J connectivity index is 1.18. The SMILES string of the molecule is C#CN(c1cccc(C(=O)NCCN2CCOCC2)c1)c1nccc(Oc2ccc(NC(=O)Nc3cc(C(C)(C)C)cc(C(N)=O)c3OC)c3ccccc23)n1. The molecule has 0 aliphatic carbocycles. The molecule has 0 bridgehead atoms. The third kappa shape index (κ3) is 9.15. The van der Waals surface area contributed by atoms with E-state index in [4.69, 9.17) is 26.4 Å². The van der Waals surface area contributed by atoms with Crippen LogP contribution in [0.1, 0.15) is 47.1 Å². The lowest BCUT2D eigenvalue weighted by Crippen LogP contribution is -2.41. The van der Waals surface area contributed by atoms with E-state index < -0.39 is 11.9 Å². The molecule has 0 unspecified atom stereocenters. The van der Waals surface area contributed by atoms with E-state index >= 15 is 0 Å². The number of aromatic nitrogens is 2. The summed E-state index contributed by atoms with van der Waals surface area (Å²) in [4.78, 5) is 51.4. The Bertz CT molecular complexity index is 2290. The Hall–Kier alpha value is -6.69. The average Bonchev–Trinajstić information content (AvgIpc) is 3.19. The van der Waals surface area contributed by atoms with Crippen molar-refractivity contribution in [3.05, 3.63) is 102 Å². The number of methoxy groups -OCH3 is 1. The number of terminal acetylenes is 1. The molecule has 1 aliphatic rings. The molecule has 14 nitrogen and oxygen atoms in total. The molecule has 0 saturated carbocycles. The molecule has 0 atom stereocenters. The van der Waals surface area contributed by atoms with E-state index in [2.05, 4.69) is 36.9 Å². The van der Waals surface area contributed by atoms with Crippen molar-refractivity contribution in [3.8, 4) is 29.8 Å². The third-order valence-corrected chi connectivity index (χ3v) is 9.15. The number of nitrogens with one attached hydrogen (secondary N) is 3. The van der Waals surface area contributed by atoms with Gasteiger partial charge in [0.25, 0.3) is 11.8 Å². The fourth-order valence-corrected chi connectivity index (χ4v) is 6.20. The smallest absolute Gasteiger partial charge is 0.323 e. The van der Waals surface area contributed by atoms with Crippen molar-refractivity contribution >= 4 is 51.6 Å². The van der Waals surface area contributed by atoms with Crippen LogP contribution < -0.4 is 36.1 Å². The Morgan fingerprint density at radius 3 is 2.43 bits per heavy atom. The molecule has 6 rings (SSSR count). The second kappa shape index (κ2) is 17.2. The normalized spacial score (nSPS) is 13.0. The zero-order valence-corrected chi connectivity index (χ0v) is 31.7. The van der Waals surface area contributed by atoms with Gasteiger partial charge in [0.05, 0.1) is 42.9 Å². The highest BCUT2D eigenvalue weighted by Crippen LogP contribution is 2.37. The Kier molecular flexibility index (Phi) is 12.0. The first-order valence-electron chi connectivity index (χ1n) is 18.0. The summed E-state index contributed by atoms with van der Waals surface area (Å²) < 4.78 is 17.2. The highest BCUT2D eigenvalue weighted by Gasteiger charge is 2.23. The van der Waals surface area contributed by atoms with Crippen LogP contribution in [0.5, 0.6) is 17.4 Å². The summed E-state index contributed by atoms with van der Waals surface area (Å²) in [6, 6.07) is 24.8. The number of nitrogens with zero attached hydrogens (tertiary/aromatic N) is 4. The molecule has 1 fully saturated rings. The molecule has 2 heterocycles. The van der Waals surface area contributed by atoms with E-state index in [1.54, 1.807) is 54.6 Å². The molecule has 1 aliphatic heterocycles. The number of amides is 4. The third-order valence-electron chi connectivity index (χ3n) is 9.15. The molecule has 4 aromatic carbocycles. The van der Waals surface area contributed by atoms with Crippen LogP contribution in [0.25, 0.3) is 10.8 Å². The number of hydrogen-bond acceptors (Lipinski definition) is 10. The predicted octanol–water partition coefficient (Wildman–Crippen LogP) is 6.26. The fraction of sp³-hybridized carbons (Fsp3) is 0.262. The molecule has 5 aromatic rings. The number of carbonyl (C=O) groups is 3. The highest BCUT2D eigenvalue weighted by molar-refractivity contribution is 6.09. The van der Waals surface area contributed by atoms with Crippen LogP contribution in [0.2, 0.25) is 0 Å². The number of hydrogen-bond donors (Lipinski definition) is 4. The molecule has 288 valence electrons. The van der Waals surface area contributed by atoms with E-state index in [9.17, 15) is 14.4 Å². The van der Waals surface area contributed by atoms with E-state index in [1.807, 2.05) is 45.0 Å². The van der Waals surface area contributed by atoms with Crippen LogP contribution in [-0.4, -0.2) is 79.2 Å². The van der Waals surface area contributed by atoms with E-state index in [-0.39, 0.29) is 34.5 Å². The first kappa shape index (κ1) is 39.0. The van der Waals surface area contributed by atoms with Crippen LogP contribution in [0.15, 0.2) is 85.1 Å². The lowest BCUT2D eigenvalue weighted by Gasteiger charge is -2.26. The number of benzene rings is 4. The van der Waals surface area contributed by atoms with Gasteiger partial charge in [-0.2, -0.15) is 4.98 Å². The minimum atomic E-state index is -0.676. The monoisotopic (exact) mass is 756 g/mol. The summed E-state index contributed by atoms with van der Waals surface area (Å²) in [5.74, 6) is 0.112. The fourth-order valence-electron chi connectivity index (χ4n) is 6.20. The first-order chi connectivity index (χ1) is 26.9. The Morgan fingerprint density at radius 1 is 0.964 bits per heavy atom. The van der Waals surface area contributed by atoms with Gasteiger partial charge < -0.3 is 35.9 Å². The molecule has 5 N–H and O–H groups in total. The zero-order chi connectivity index (χ0) is 39.8. The van der Waals surface area contributed by atoms with Crippen molar-refractivity contribution in [2.45, 2.75) is 26.2 Å². The number of morpholine rings is 1. The number of anilines is 4. The van der Waals surface area contributed by atoms with Gasteiger partial charge in [0.15, 0.2) is 5.75 Å². The van der Waals surface area contributed by atoms with E-state index in [1.165, 1.54) is 18.2 Å². The predicted molar refractivity (Wildman–Crippen MR) is 216 cm³/mol. The quantitative estimate of drug-likeness (QED) is 0.0841. The molecule has 1 saturated heterocycles. The van der Waals surface area contributed by atoms with Crippen molar-refractivity contribution < 1.29 is 28.6 Å². The van der Waals surface area contributed by atoms with E-state index in [0.29, 0.717) is 58.9 Å². The molecule has 14 heteroatoms. The maximum atomic E-state index is 13.4. The number of nitrogens with two attached hydrogens (primary N) is 1. The van der Waals surface area contributed by atoms with Crippen molar-refractivity contribution in [1.82, 2.24) is 20.2 Å². The summed E-state index contributed by atoms with van der Waals surface area (Å²) >= 11 is 0. The second-order valence-electron chi connectivity index (χ2n) is 14.0. The average molecular weight is 757 g/mol. The van der Waals surface area contributed by atoms with Gasteiger partial charge in [-0.3, -0.25) is 14.5 Å². The molecule has 1 aromatic heterocycles. The summed E-state index contributed by atoms with van der Waals surface area (Å²) in [7, 11) is 1.41. The standard InChI is InChI=1S/C42H44N8O6/c1-6-50(29-11-9-10-27(24-29)39(52)44-18-19-49-20-22-55-23-21-49)40-45-17-16-36(48-40)56-35-15-14-33(30-12-7-8-13-31(30)35)46-41(53)47-34-26-28(42(2,3)4)25-32(38(43)51)37(34)54-5/h1,7-17,24-26H,18-23H2,2-5H3,(H2,43,51)(H,44,52)(H2,46,47,53). The zero-order valence-electron chi connectivity index (χ0n) is 31.7. The van der Waals surface area contributed by atoms with Crippen LogP contribution in [0.4, 0.5) is 27.8 Å². The molecule has 56 heavy (non-hydrogen) atoms. The van der Waals surface area contributed by atoms with Crippen molar-refractivity contribution in [2.24, 2.45) is 5.73 Å². The largest absolute Gasteiger partial charge is 0.494 e. The lowest BCUT2D eigenvalue weighted by molar-refractivity contribution is 0.0383. The minimum Gasteiger partial charge on any atom is -0.494 e. The first-order valence-corrected chi connectivity index (χ1v) is 18.0. The summed E-state index contributed by atoms with van der Waals surface area (Å²) in [6.07, 6.45) is 7.47. The number of carbonyl (C=O) groups excluding carboxylic acids is 3. The van der Waals surface area contributed by atoms with Crippen LogP contribution in [0, 0.1) is 12.5 Å². The molecule has 4 amide bonds. The van der Waals surface area contributed by atoms with Gasteiger partial charge in [0.1, 0.15) is 5.75 Å². The van der Waals surface area contributed by atoms with Crippen LogP contribution >= 0.6 is 0 Å². The lowest BCUT2D eigenvalue weighted by atomic mass is 9.85. The topological polar surface area (TPSA) is 173 Å². The van der Waals surface area contributed by atoms with Gasteiger partial charge in [-0.15, -0.1) is 0 Å². The number of fused-ring (bicyclic) bond motifs is 1. The minimum absolute atomic E-state index is 0.159. The van der Waals surface area contributed by atoms with Gasteiger partial charge in [-0.25, -0.2) is 14.7 Å². The van der Waals surface area contributed by atoms with Crippen LogP contribution in [-0.2, 0) is 10.2 Å². The second-order valence-corrected chi connectivity index (χ2v) is 14.0. The van der Waals surface area contributed by atoms with Crippen LogP contribution in [0.3, 0.4) is 0 Å².